The molecule has 0 aromatic carbocycles. The molecule has 84 valence electrons. The van der Waals surface area contributed by atoms with Crippen molar-refractivity contribution in [1.29, 1.82) is 0 Å². The third-order valence-corrected chi connectivity index (χ3v) is 2.26. The molecule has 0 saturated heterocycles. The van der Waals surface area contributed by atoms with Crippen LogP contribution in [-0.2, 0) is 4.79 Å². The van der Waals surface area contributed by atoms with Crippen LogP contribution in [0, 0.1) is 10.8 Å². The highest BCUT2D eigenvalue weighted by Crippen LogP contribution is 2.33. The van der Waals surface area contributed by atoms with Crippen molar-refractivity contribution in [1.82, 2.24) is 5.01 Å². The Kier molecular flexibility index (Phi) is 4.09. The van der Waals surface area contributed by atoms with Gasteiger partial charge in [0.25, 0.3) is 0 Å². The number of primary amides is 1. The summed E-state index contributed by atoms with van der Waals surface area (Å²) in [5.74, 6) is 5.33. The number of nitrogens with two attached hydrogens (primary N) is 2. The van der Waals surface area contributed by atoms with Gasteiger partial charge in [0.15, 0.2) is 0 Å². The van der Waals surface area contributed by atoms with Gasteiger partial charge in [0.1, 0.15) is 0 Å². The van der Waals surface area contributed by atoms with Crippen LogP contribution in [-0.4, -0.2) is 24.5 Å². The van der Waals surface area contributed by atoms with Gasteiger partial charge in [0.05, 0.1) is 0 Å². The van der Waals surface area contributed by atoms with Crippen molar-refractivity contribution in [2.24, 2.45) is 22.4 Å². The number of amides is 1. The van der Waals surface area contributed by atoms with Crippen molar-refractivity contribution in [2.45, 2.75) is 34.1 Å². The molecule has 0 aliphatic heterocycles. The van der Waals surface area contributed by atoms with Crippen molar-refractivity contribution in [3.63, 3.8) is 0 Å². The monoisotopic (exact) mass is 201 g/mol. The molecule has 0 bridgehead atoms. The van der Waals surface area contributed by atoms with Gasteiger partial charge in [0, 0.05) is 19.0 Å². The molecule has 0 spiro atoms. The van der Waals surface area contributed by atoms with Gasteiger partial charge < -0.3 is 5.73 Å². The summed E-state index contributed by atoms with van der Waals surface area (Å²) in [6.45, 7) is 8.65. The first-order valence-corrected chi connectivity index (χ1v) is 4.83. The summed E-state index contributed by atoms with van der Waals surface area (Å²) in [5.41, 5.74) is 4.84. The second-order valence-electron chi connectivity index (χ2n) is 5.50. The van der Waals surface area contributed by atoms with Crippen molar-refractivity contribution in [3.05, 3.63) is 0 Å². The van der Waals surface area contributed by atoms with Gasteiger partial charge in [-0.25, -0.2) is 5.01 Å². The Morgan fingerprint density at radius 3 is 2.00 bits per heavy atom. The van der Waals surface area contributed by atoms with Crippen LogP contribution in [0.5, 0.6) is 0 Å². The number of hydrogen-bond donors (Lipinski definition) is 2. The van der Waals surface area contributed by atoms with E-state index in [9.17, 15) is 4.79 Å². The normalized spacial score (nSPS) is 13.4. The molecule has 0 rings (SSSR count). The van der Waals surface area contributed by atoms with E-state index in [0.29, 0.717) is 0 Å². The average molecular weight is 201 g/mol. The van der Waals surface area contributed by atoms with Crippen molar-refractivity contribution in [3.8, 4) is 0 Å². The Hall–Kier alpha value is -0.610. The molecule has 0 aliphatic carbocycles. The molecule has 0 aliphatic rings. The lowest BCUT2D eigenvalue weighted by atomic mass is 9.74. The zero-order chi connectivity index (χ0) is 11.6. The minimum atomic E-state index is -0.473. The summed E-state index contributed by atoms with van der Waals surface area (Å²) in [6, 6.07) is 0. The number of hydrazine groups is 1. The van der Waals surface area contributed by atoms with Gasteiger partial charge in [-0.2, -0.15) is 0 Å². The van der Waals surface area contributed by atoms with E-state index >= 15 is 0 Å². The Labute approximate surface area is 86.6 Å². The van der Waals surface area contributed by atoms with E-state index in [4.69, 9.17) is 11.6 Å². The van der Waals surface area contributed by atoms with Crippen molar-refractivity contribution in [2.75, 3.05) is 13.6 Å². The molecule has 0 fully saturated rings. The van der Waals surface area contributed by atoms with Crippen LogP contribution in [0.2, 0.25) is 0 Å². The smallest absolute Gasteiger partial charge is 0.223 e. The molecule has 4 N–H and O–H groups in total. The molecule has 0 atom stereocenters. The molecular weight excluding hydrogens is 178 g/mol. The third-order valence-electron chi connectivity index (χ3n) is 2.26. The molecule has 0 aromatic heterocycles. The van der Waals surface area contributed by atoms with Crippen LogP contribution in [0.15, 0.2) is 0 Å². The van der Waals surface area contributed by atoms with E-state index in [2.05, 4.69) is 13.8 Å². The molecule has 0 heterocycles. The van der Waals surface area contributed by atoms with Crippen LogP contribution in [0.3, 0.4) is 0 Å². The van der Waals surface area contributed by atoms with E-state index < -0.39 is 5.41 Å². The zero-order valence-corrected chi connectivity index (χ0v) is 9.92. The van der Waals surface area contributed by atoms with Gasteiger partial charge in [-0.1, -0.05) is 27.7 Å². The van der Waals surface area contributed by atoms with E-state index in [-0.39, 0.29) is 11.3 Å². The zero-order valence-electron chi connectivity index (χ0n) is 9.92. The lowest BCUT2D eigenvalue weighted by Crippen LogP contribution is -2.42. The van der Waals surface area contributed by atoms with E-state index in [1.807, 2.05) is 20.9 Å². The van der Waals surface area contributed by atoms with E-state index in [0.717, 1.165) is 13.0 Å². The minimum Gasteiger partial charge on any atom is -0.369 e. The van der Waals surface area contributed by atoms with Crippen molar-refractivity contribution < 1.29 is 4.79 Å². The van der Waals surface area contributed by atoms with Crippen LogP contribution in [0.4, 0.5) is 0 Å². The predicted molar refractivity (Wildman–Crippen MR) is 58.2 cm³/mol. The molecule has 4 nitrogen and oxygen atoms in total. The fourth-order valence-electron chi connectivity index (χ4n) is 2.01. The topological polar surface area (TPSA) is 72.3 Å². The number of nitrogens with zero attached hydrogens (tertiary/aromatic N) is 1. The minimum absolute atomic E-state index is 0.0119. The summed E-state index contributed by atoms with van der Waals surface area (Å²) in [6.07, 6.45) is 0.733. The van der Waals surface area contributed by atoms with Gasteiger partial charge >= 0.3 is 0 Å². The first kappa shape index (κ1) is 13.4. The van der Waals surface area contributed by atoms with Crippen molar-refractivity contribution >= 4 is 5.91 Å². The quantitative estimate of drug-likeness (QED) is 0.508. The molecule has 0 radical (unpaired) electrons. The highest BCUT2D eigenvalue weighted by Gasteiger charge is 2.33. The molecule has 0 unspecified atom stereocenters. The predicted octanol–water partition coefficient (Wildman–Crippen LogP) is 0.720. The van der Waals surface area contributed by atoms with Crippen LogP contribution in [0.25, 0.3) is 0 Å². The number of carbonyl (C=O) groups excluding carboxylic acids is 1. The van der Waals surface area contributed by atoms with Gasteiger partial charge in [-0.05, 0) is 11.8 Å². The first-order chi connectivity index (χ1) is 6.07. The maximum absolute atomic E-state index is 11.2. The van der Waals surface area contributed by atoms with E-state index in [1.54, 1.807) is 5.01 Å². The SMILES string of the molecule is CN(N)CC(C)(C)CC(C)(C)C(N)=O. The largest absolute Gasteiger partial charge is 0.369 e. The first-order valence-electron chi connectivity index (χ1n) is 4.83. The highest BCUT2D eigenvalue weighted by molar-refractivity contribution is 5.79. The van der Waals surface area contributed by atoms with Crippen LogP contribution >= 0.6 is 0 Å². The van der Waals surface area contributed by atoms with E-state index in [1.165, 1.54) is 0 Å². The average Bonchev–Trinajstić information content (AvgIpc) is 1.79. The Morgan fingerprint density at radius 1 is 1.29 bits per heavy atom. The standard InChI is InChI=1S/C10H23N3O/c1-9(2,7-13(5)12)6-10(3,4)8(11)14/h6-7,12H2,1-5H3,(H2,11,14). The molecule has 0 saturated carbocycles. The summed E-state index contributed by atoms with van der Waals surface area (Å²) < 4.78 is 0. The lowest BCUT2D eigenvalue weighted by Gasteiger charge is -2.34. The number of hydrogen-bond acceptors (Lipinski definition) is 3. The molecular formula is C10H23N3O. The maximum atomic E-state index is 11.2. The highest BCUT2D eigenvalue weighted by atomic mass is 16.1. The number of rotatable bonds is 5. The van der Waals surface area contributed by atoms with Gasteiger partial charge in [-0.3, -0.25) is 10.6 Å². The molecule has 14 heavy (non-hydrogen) atoms. The summed E-state index contributed by atoms with van der Waals surface area (Å²) in [5, 5.41) is 1.64. The lowest BCUT2D eigenvalue weighted by molar-refractivity contribution is -0.127. The summed E-state index contributed by atoms with van der Waals surface area (Å²) in [7, 11) is 1.82. The Bertz CT molecular complexity index is 209. The Balaban J connectivity index is 4.42. The number of carbonyl (C=O) groups is 1. The molecule has 1 amide bonds. The fourth-order valence-corrected chi connectivity index (χ4v) is 2.01. The van der Waals surface area contributed by atoms with Gasteiger partial charge in [0.2, 0.25) is 5.91 Å². The molecule has 0 aromatic rings. The third kappa shape index (κ3) is 4.58. The van der Waals surface area contributed by atoms with Crippen LogP contribution < -0.4 is 11.6 Å². The second kappa shape index (κ2) is 4.28. The summed E-state index contributed by atoms with van der Waals surface area (Å²) in [4.78, 5) is 11.2. The maximum Gasteiger partial charge on any atom is 0.223 e. The molecule has 4 heteroatoms. The fraction of sp³-hybridized carbons (Fsp3) is 0.900. The second-order valence-corrected chi connectivity index (χ2v) is 5.50. The van der Waals surface area contributed by atoms with Gasteiger partial charge in [-0.15, -0.1) is 0 Å². The Morgan fingerprint density at radius 2 is 1.71 bits per heavy atom. The van der Waals surface area contributed by atoms with Crippen LogP contribution in [0.1, 0.15) is 34.1 Å². The summed E-state index contributed by atoms with van der Waals surface area (Å²) >= 11 is 0.